The van der Waals surface area contributed by atoms with Crippen molar-refractivity contribution < 1.29 is 0 Å². The van der Waals surface area contributed by atoms with E-state index < -0.39 is 0 Å². The van der Waals surface area contributed by atoms with Gasteiger partial charge in [0, 0.05) is 9.77 Å². The van der Waals surface area contributed by atoms with Crippen molar-refractivity contribution in [1.82, 2.24) is 14.5 Å². The van der Waals surface area contributed by atoms with Crippen molar-refractivity contribution in [3.05, 3.63) is 49.9 Å². The van der Waals surface area contributed by atoms with Crippen LogP contribution in [-0.4, -0.2) is 14.5 Å². The Labute approximate surface area is 144 Å². The standard InChI is InChI=1S/C13H7Cl3IN3/c14-5-12-19-10-3-7(15)6-18-13(10)20(12)11-2-1-8(17)4-9(11)16/h1-4,6H,5H2. The number of nitrogens with zero attached hydrogens (tertiary/aromatic N) is 3. The Morgan fingerprint density at radius 1 is 1.20 bits per heavy atom. The summed E-state index contributed by atoms with van der Waals surface area (Å²) in [5.41, 5.74) is 2.19. The highest BCUT2D eigenvalue weighted by atomic mass is 127. The van der Waals surface area contributed by atoms with Gasteiger partial charge in [0.2, 0.25) is 0 Å². The van der Waals surface area contributed by atoms with E-state index in [0.717, 1.165) is 9.26 Å². The fraction of sp³-hybridized carbons (Fsp3) is 0.0769. The molecule has 0 fully saturated rings. The fourth-order valence-electron chi connectivity index (χ4n) is 1.99. The molecule has 0 saturated heterocycles. The summed E-state index contributed by atoms with van der Waals surface area (Å²) in [5, 5.41) is 1.16. The van der Waals surface area contributed by atoms with Crippen molar-refractivity contribution in [2.45, 2.75) is 5.88 Å². The van der Waals surface area contributed by atoms with Gasteiger partial charge in [-0.05, 0) is 46.9 Å². The van der Waals surface area contributed by atoms with E-state index in [0.29, 0.717) is 27.0 Å². The molecule has 0 aliphatic rings. The van der Waals surface area contributed by atoms with Gasteiger partial charge in [0.15, 0.2) is 5.65 Å². The molecule has 2 aromatic heterocycles. The second kappa shape index (κ2) is 5.67. The van der Waals surface area contributed by atoms with Crippen LogP contribution in [0.3, 0.4) is 0 Å². The first-order valence-electron chi connectivity index (χ1n) is 5.64. The van der Waals surface area contributed by atoms with Crippen LogP contribution in [0.5, 0.6) is 0 Å². The molecule has 0 aliphatic heterocycles. The van der Waals surface area contributed by atoms with Gasteiger partial charge in [-0.3, -0.25) is 4.57 Å². The lowest BCUT2D eigenvalue weighted by molar-refractivity contribution is 0.969. The highest BCUT2D eigenvalue weighted by Crippen LogP contribution is 2.28. The SMILES string of the molecule is ClCc1nc2cc(Cl)cnc2n1-c1ccc(I)cc1Cl. The van der Waals surface area contributed by atoms with E-state index in [-0.39, 0.29) is 5.88 Å². The number of aromatic nitrogens is 3. The molecule has 0 aliphatic carbocycles. The first kappa shape index (κ1) is 14.4. The molecule has 0 amide bonds. The molecule has 3 nitrogen and oxygen atoms in total. The van der Waals surface area contributed by atoms with Crippen molar-refractivity contribution in [3.8, 4) is 5.69 Å². The summed E-state index contributed by atoms with van der Waals surface area (Å²) in [6.45, 7) is 0. The summed E-state index contributed by atoms with van der Waals surface area (Å²) < 4.78 is 2.92. The summed E-state index contributed by atoms with van der Waals surface area (Å²) in [4.78, 5) is 8.79. The predicted octanol–water partition coefficient (Wildman–Crippen LogP) is 5.07. The number of fused-ring (bicyclic) bond motifs is 1. The summed E-state index contributed by atoms with van der Waals surface area (Å²) in [5.74, 6) is 0.940. The number of hydrogen-bond donors (Lipinski definition) is 0. The Hall–Kier alpha value is -0.560. The molecule has 0 saturated carbocycles. The van der Waals surface area contributed by atoms with Crippen molar-refractivity contribution in [3.63, 3.8) is 0 Å². The van der Waals surface area contributed by atoms with Crippen LogP contribution in [0, 0.1) is 3.57 Å². The van der Waals surface area contributed by atoms with Crippen LogP contribution in [0.1, 0.15) is 5.82 Å². The van der Waals surface area contributed by atoms with Gasteiger partial charge >= 0.3 is 0 Å². The average molecular weight is 438 g/mol. The Bertz CT molecular complexity index is 801. The lowest BCUT2D eigenvalue weighted by atomic mass is 10.3. The van der Waals surface area contributed by atoms with Gasteiger partial charge in [-0.1, -0.05) is 23.2 Å². The smallest absolute Gasteiger partial charge is 0.164 e. The number of imidazole rings is 1. The molecule has 0 atom stereocenters. The van der Waals surface area contributed by atoms with Crippen molar-refractivity contribution in [2.75, 3.05) is 0 Å². The van der Waals surface area contributed by atoms with Crippen molar-refractivity contribution in [1.29, 1.82) is 0 Å². The molecule has 0 spiro atoms. The molecule has 7 heteroatoms. The minimum atomic E-state index is 0.260. The third-order valence-electron chi connectivity index (χ3n) is 2.80. The van der Waals surface area contributed by atoms with Gasteiger partial charge in [-0.25, -0.2) is 9.97 Å². The van der Waals surface area contributed by atoms with E-state index in [4.69, 9.17) is 34.8 Å². The zero-order valence-corrected chi connectivity index (χ0v) is 14.4. The maximum absolute atomic E-state index is 6.33. The molecule has 0 N–H and O–H groups in total. The normalized spacial score (nSPS) is 11.2. The predicted molar refractivity (Wildman–Crippen MR) is 91.2 cm³/mol. The van der Waals surface area contributed by atoms with E-state index in [1.807, 2.05) is 22.8 Å². The molecule has 3 rings (SSSR count). The minimum absolute atomic E-state index is 0.260. The van der Waals surface area contributed by atoms with E-state index in [2.05, 4.69) is 32.6 Å². The van der Waals surface area contributed by atoms with E-state index >= 15 is 0 Å². The Kier molecular flexibility index (Phi) is 4.08. The zero-order chi connectivity index (χ0) is 14.3. The van der Waals surface area contributed by atoms with Crippen molar-refractivity contribution >= 4 is 68.6 Å². The zero-order valence-electron chi connectivity index (χ0n) is 9.95. The largest absolute Gasteiger partial charge is 0.278 e. The molecule has 0 unspecified atom stereocenters. The van der Waals surface area contributed by atoms with Gasteiger partial charge in [-0.15, -0.1) is 11.6 Å². The average Bonchev–Trinajstić information content (AvgIpc) is 2.76. The molecule has 20 heavy (non-hydrogen) atoms. The van der Waals surface area contributed by atoms with E-state index in [9.17, 15) is 0 Å². The Morgan fingerprint density at radius 2 is 2.00 bits per heavy atom. The molecule has 1 aromatic carbocycles. The van der Waals surface area contributed by atoms with Gasteiger partial charge in [-0.2, -0.15) is 0 Å². The second-order valence-corrected chi connectivity index (χ2v) is 6.45. The molecular formula is C13H7Cl3IN3. The van der Waals surface area contributed by atoms with Crippen LogP contribution in [0.25, 0.3) is 16.9 Å². The first-order chi connectivity index (χ1) is 9.60. The lowest BCUT2D eigenvalue weighted by Gasteiger charge is -2.09. The maximum atomic E-state index is 6.33. The van der Waals surface area contributed by atoms with Crippen LogP contribution in [-0.2, 0) is 5.88 Å². The number of pyridine rings is 1. The maximum Gasteiger partial charge on any atom is 0.164 e. The number of halogens is 4. The quantitative estimate of drug-likeness (QED) is 0.413. The first-order valence-corrected chi connectivity index (χ1v) is 8.01. The third kappa shape index (κ3) is 2.50. The molecule has 102 valence electrons. The van der Waals surface area contributed by atoms with Gasteiger partial charge < -0.3 is 0 Å². The van der Waals surface area contributed by atoms with Crippen LogP contribution in [0.15, 0.2) is 30.5 Å². The van der Waals surface area contributed by atoms with E-state index in [1.54, 1.807) is 12.3 Å². The highest BCUT2D eigenvalue weighted by molar-refractivity contribution is 14.1. The van der Waals surface area contributed by atoms with Crippen LogP contribution < -0.4 is 0 Å². The summed E-state index contributed by atoms with van der Waals surface area (Å²) in [6.07, 6.45) is 1.58. The highest BCUT2D eigenvalue weighted by Gasteiger charge is 2.15. The topological polar surface area (TPSA) is 30.7 Å². The lowest BCUT2D eigenvalue weighted by Crippen LogP contribution is -2.01. The number of hydrogen-bond acceptors (Lipinski definition) is 2. The number of rotatable bonds is 2. The van der Waals surface area contributed by atoms with Gasteiger partial charge in [0.05, 0.1) is 21.6 Å². The van der Waals surface area contributed by atoms with Crippen LogP contribution in [0.2, 0.25) is 10.0 Å². The number of benzene rings is 1. The van der Waals surface area contributed by atoms with E-state index in [1.165, 1.54) is 0 Å². The van der Waals surface area contributed by atoms with Crippen LogP contribution in [0.4, 0.5) is 0 Å². The number of alkyl halides is 1. The Balaban J connectivity index is 2.34. The molecule has 3 aromatic rings. The molecule has 0 bridgehead atoms. The van der Waals surface area contributed by atoms with Gasteiger partial charge in [0.25, 0.3) is 0 Å². The Morgan fingerprint density at radius 3 is 2.70 bits per heavy atom. The third-order valence-corrected chi connectivity index (χ3v) is 4.22. The second-order valence-electron chi connectivity index (χ2n) is 4.09. The fourth-order valence-corrected chi connectivity index (χ4v) is 3.26. The molecule has 0 radical (unpaired) electrons. The van der Waals surface area contributed by atoms with Gasteiger partial charge in [0.1, 0.15) is 11.3 Å². The minimum Gasteiger partial charge on any atom is -0.278 e. The molecule has 2 heterocycles. The van der Waals surface area contributed by atoms with Crippen molar-refractivity contribution in [2.24, 2.45) is 0 Å². The monoisotopic (exact) mass is 437 g/mol. The van der Waals surface area contributed by atoms with Crippen LogP contribution >= 0.6 is 57.4 Å². The summed E-state index contributed by atoms with van der Waals surface area (Å²) in [6, 6.07) is 7.55. The summed E-state index contributed by atoms with van der Waals surface area (Å²) in [7, 11) is 0. The molecular weight excluding hydrogens is 431 g/mol. The summed E-state index contributed by atoms with van der Waals surface area (Å²) >= 11 is 20.5.